The van der Waals surface area contributed by atoms with E-state index in [-0.39, 0.29) is 12.4 Å². The van der Waals surface area contributed by atoms with E-state index in [2.05, 4.69) is 5.32 Å². The number of nitrogens with one attached hydrogen (secondary N) is 1. The van der Waals surface area contributed by atoms with E-state index in [1.807, 2.05) is 30.3 Å². The molecule has 1 atom stereocenters. The van der Waals surface area contributed by atoms with Gasteiger partial charge in [-0.05, 0) is 12.5 Å². The molecule has 0 spiro atoms. The molecular weight excluding hydrogens is 282 g/mol. The normalized spacial score (nSPS) is 11.4. The van der Waals surface area contributed by atoms with Gasteiger partial charge in [-0.15, -0.1) is 0 Å². The Morgan fingerprint density at radius 2 is 1.95 bits per heavy atom. The van der Waals surface area contributed by atoms with Gasteiger partial charge in [-0.1, -0.05) is 42.1 Å². The van der Waals surface area contributed by atoms with Gasteiger partial charge < -0.3 is 15.2 Å². The molecule has 0 fully saturated rings. The fourth-order valence-electron chi connectivity index (χ4n) is 1.26. The molecule has 0 aliphatic rings. The van der Waals surface area contributed by atoms with E-state index in [0.717, 1.165) is 5.56 Å². The minimum Gasteiger partial charge on any atom is -0.481 e. The van der Waals surface area contributed by atoms with Crippen molar-refractivity contribution in [3.63, 3.8) is 0 Å². The number of carboxylic acids is 1. The minimum atomic E-state index is -1.08. The summed E-state index contributed by atoms with van der Waals surface area (Å²) >= 11 is 0.640. The first kappa shape index (κ1) is 16.0. The fraction of sp³-hybridized carbons (Fsp3) is 0.308. The van der Waals surface area contributed by atoms with Crippen LogP contribution in [0.3, 0.4) is 0 Å². The number of hydrogen-bond donors (Lipinski definition) is 2. The van der Waals surface area contributed by atoms with Crippen LogP contribution in [-0.2, 0) is 20.9 Å². The number of alkyl carbamates (subject to hydrolysis) is 1. The van der Waals surface area contributed by atoms with Gasteiger partial charge in [0.15, 0.2) is 0 Å². The van der Waals surface area contributed by atoms with Gasteiger partial charge in [0.25, 0.3) is 0 Å². The number of aliphatic carboxylic acids is 1. The molecule has 0 aliphatic heterocycles. The Hall–Kier alpha value is -2.02. The van der Waals surface area contributed by atoms with Gasteiger partial charge in [0.2, 0.25) is 5.12 Å². The van der Waals surface area contributed by atoms with Gasteiger partial charge in [0, 0.05) is 0 Å². The summed E-state index contributed by atoms with van der Waals surface area (Å²) in [6.45, 7) is 1.58. The van der Waals surface area contributed by atoms with Crippen LogP contribution in [0.5, 0.6) is 0 Å². The zero-order chi connectivity index (χ0) is 15.0. The molecule has 1 aromatic carbocycles. The highest BCUT2D eigenvalue weighted by Crippen LogP contribution is 2.06. The number of carboxylic acid groups (broad SMARTS) is 1. The molecule has 1 amide bonds. The van der Waals surface area contributed by atoms with E-state index in [9.17, 15) is 14.4 Å². The molecule has 20 heavy (non-hydrogen) atoms. The number of amides is 1. The third-order valence-electron chi connectivity index (χ3n) is 2.24. The van der Waals surface area contributed by atoms with Crippen molar-refractivity contribution in [3.05, 3.63) is 35.9 Å². The van der Waals surface area contributed by atoms with Crippen LogP contribution in [0.25, 0.3) is 0 Å². The first-order valence-corrected chi connectivity index (χ1v) is 6.83. The molecule has 0 saturated carbocycles. The van der Waals surface area contributed by atoms with Crippen molar-refractivity contribution in [1.82, 2.24) is 5.32 Å². The Morgan fingerprint density at radius 1 is 1.30 bits per heavy atom. The van der Waals surface area contributed by atoms with Crippen LogP contribution in [0, 0.1) is 0 Å². The predicted molar refractivity (Wildman–Crippen MR) is 74.3 cm³/mol. The lowest BCUT2D eigenvalue weighted by atomic mass is 10.2. The standard InChI is InChI=1S/C13H15NO5S/c1-9(12(17)20-8-11(15)16)14-13(18)19-7-10-5-3-2-4-6-10/h2-6,9H,7-8H2,1H3,(H,14,18)(H,15,16)/t9-/m0/s1. The quantitative estimate of drug-likeness (QED) is 0.829. The largest absolute Gasteiger partial charge is 0.481 e. The Labute approximate surface area is 120 Å². The van der Waals surface area contributed by atoms with Crippen molar-refractivity contribution in [2.75, 3.05) is 5.75 Å². The summed E-state index contributed by atoms with van der Waals surface area (Å²) in [5.41, 5.74) is 0.835. The van der Waals surface area contributed by atoms with E-state index in [1.165, 1.54) is 6.92 Å². The molecular formula is C13H15NO5S. The first-order valence-electron chi connectivity index (χ1n) is 5.84. The SMILES string of the molecule is C[C@H](NC(=O)OCc1ccccc1)C(=O)SCC(=O)O. The lowest BCUT2D eigenvalue weighted by Crippen LogP contribution is -2.37. The summed E-state index contributed by atoms with van der Waals surface area (Å²) in [4.78, 5) is 33.3. The number of ether oxygens (including phenoxy) is 1. The van der Waals surface area contributed by atoms with Gasteiger partial charge >= 0.3 is 12.1 Å². The highest BCUT2D eigenvalue weighted by Gasteiger charge is 2.17. The fourth-order valence-corrected chi connectivity index (χ4v) is 1.83. The molecule has 0 radical (unpaired) electrons. The van der Waals surface area contributed by atoms with Gasteiger partial charge in [0.05, 0.1) is 11.8 Å². The molecule has 0 aliphatic carbocycles. The second-order valence-electron chi connectivity index (χ2n) is 3.93. The van der Waals surface area contributed by atoms with Crippen molar-refractivity contribution in [2.24, 2.45) is 0 Å². The Balaban J connectivity index is 2.30. The second kappa shape index (κ2) is 8.21. The van der Waals surface area contributed by atoms with Gasteiger partial charge in [0.1, 0.15) is 6.61 Å². The van der Waals surface area contributed by atoms with Gasteiger partial charge in [-0.25, -0.2) is 4.79 Å². The van der Waals surface area contributed by atoms with Crippen molar-refractivity contribution >= 4 is 28.9 Å². The summed E-state index contributed by atoms with van der Waals surface area (Å²) in [6.07, 6.45) is -0.717. The van der Waals surface area contributed by atoms with Gasteiger partial charge in [-0.3, -0.25) is 9.59 Å². The van der Waals surface area contributed by atoms with Crippen molar-refractivity contribution in [1.29, 1.82) is 0 Å². The van der Waals surface area contributed by atoms with Crippen LogP contribution < -0.4 is 5.32 Å². The number of carbonyl (C=O) groups excluding carboxylic acids is 2. The molecule has 0 aromatic heterocycles. The lowest BCUT2D eigenvalue weighted by molar-refractivity contribution is -0.134. The topological polar surface area (TPSA) is 92.7 Å². The average molecular weight is 297 g/mol. The number of carbonyl (C=O) groups is 3. The van der Waals surface area contributed by atoms with E-state index < -0.39 is 23.2 Å². The third-order valence-corrected chi connectivity index (χ3v) is 3.27. The first-order chi connectivity index (χ1) is 9.49. The highest BCUT2D eigenvalue weighted by atomic mass is 32.2. The number of hydrogen-bond acceptors (Lipinski definition) is 5. The molecule has 6 nitrogen and oxygen atoms in total. The highest BCUT2D eigenvalue weighted by molar-refractivity contribution is 8.14. The van der Waals surface area contributed by atoms with Crippen molar-refractivity contribution in [2.45, 2.75) is 19.6 Å². The van der Waals surface area contributed by atoms with E-state index in [1.54, 1.807) is 0 Å². The maximum absolute atomic E-state index is 11.5. The van der Waals surface area contributed by atoms with Crippen molar-refractivity contribution in [3.8, 4) is 0 Å². The van der Waals surface area contributed by atoms with Crippen LogP contribution in [0.1, 0.15) is 12.5 Å². The number of benzene rings is 1. The van der Waals surface area contributed by atoms with Crippen molar-refractivity contribution < 1.29 is 24.2 Å². The Bertz CT molecular complexity index is 477. The molecule has 0 heterocycles. The molecule has 2 N–H and O–H groups in total. The second-order valence-corrected chi connectivity index (χ2v) is 4.91. The average Bonchev–Trinajstić information content (AvgIpc) is 2.43. The molecule has 1 aromatic rings. The Morgan fingerprint density at radius 3 is 2.55 bits per heavy atom. The smallest absolute Gasteiger partial charge is 0.408 e. The maximum atomic E-state index is 11.5. The molecule has 108 valence electrons. The van der Waals surface area contributed by atoms with Crippen LogP contribution in [-0.4, -0.2) is 34.1 Å². The molecule has 0 bridgehead atoms. The zero-order valence-corrected chi connectivity index (χ0v) is 11.7. The van der Waals surface area contributed by atoms with E-state index in [4.69, 9.17) is 9.84 Å². The summed E-state index contributed by atoms with van der Waals surface area (Å²) < 4.78 is 4.95. The van der Waals surface area contributed by atoms with Crippen LogP contribution in [0.15, 0.2) is 30.3 Å². The number of thioether (sulfide) groups is 1. The monoisotopic (exact) mass is 297 g/mol. The maximum Gasteiger partial charge on any atom is 0.408 e. The molecule has 0 saturated heterocycles. The van der Waals surface area contributed by atoms with Crippen LogP contribution in [0.4, 0.5) is 4.79 Å². The van der Waals surface area contributed by atoms with E-state index in [0.29, 0.717) is 11.8 Å². The summed E-state index contributed by atoms with van der Waals surface area (Å²) in [5, 5.41) is 10.4. The lowest BCUT2D eigenvalue weighted by Gasteiger charge is -2.12. The predicted octanol–water partition coefficient (Wildman–Crippen LogP) is 1.65. The summed E-state index contributed by atoms with van der Waals surface area (Å²) in [7, 11) is 0. The van der Waals surface area contributed by atoms with E-state index >= 15 is 0 Å². The molecule has 0 unspecified atom stereocenters. The van der Waals surface area contributed by atoms with Crippen LogP contribution in [0.2, 0.25) is 0 Å². The third kappa shape index (κ3) is 6.24. The van der Waals surface area contributed by atoms with Crippen LogP contribution >= 0.6 is 11.8 Å². The van der Waals surface area contributed by atoms with Gasteiger partial charge in [-0.2, -0.15) is 0 Å². The number of rotatable bonds is 6. The minimum absolute atomic E-state index is 0.107. The Kier molecular flexibility index (Phi) is 6.58. The molecule has 7 heteroatoms. The zero-order valence-electron chi connectivity index (χ0n) is 10.9. The summed E-state index contributed by atoms with van der Waals surface area (Å²) in [6, 6.07) is 8.32. The summed E-state index contributed by atoms with van der Waals surface area (Å²) in [5.74, 6) is -1.41. The molecule has 1 rings (SSSR count).